The lowest BCUT2D eigenvalue weighted by Crippen LogP contribution is -1.61. The second-order valence-corrected chi connectivity index (χ2v) is 3.57. The fourth-order valence-corrected chi connectivity index (χ4v) is 1.12. The average molecular weight is 268 g/mol. The number of phenols is 2. The van der Waals surface area contributed by atoms with Crippen LogP contribution in [0.15, 0.2) is 85.5 Å². The molecular weight excluding hydrogens is 252 g/mol. The van der Waals surface area contributed by atoms with E-state index in [4.69, 9.17) is 10.2 Å². The quantitative estimate of drug-likeness (QED) is 0.656. The monoisotopic (exact) mass is 268 g/mol. The van der Waals surface area contributed by atoms with Gasteiger partial charge in [0.15, 0.2) is 0 Å². The minimum absolute atomic E-state index is 0.0880. The minimum Gasteiger partial charge on any atom is -0.508 e. The van der Waals surface area contributed by atoms with Gasteiger partial charge in [0, 0.05) is 30.9 Å². The molecule has 0 amide bonds. The summed E-state index contributed by atoms with van der Waals surface area (Å²) in [4.78, 5) is 7.57. The fraction of sp³-hybridized carbons (Fsp3) is 0. The van der Waals surface area contributed by atoms with Crippen molar-refractivity contribution >= 4 is 0 Å². The van der Waals surface area contributed by atoms with Crippen molar-refractivity contribution in [3.63, 3.8) is 0 Å². The van der Waals surface area contributed by atoms with E-state index >= 15 is 0 Å². The number of pyridine rings is 2. The van der Waals surface area contributed by atoms with E-state index in [-0.39, 0.29) is 11.5 Å². The molecule has 0 bridgehead atoms. The van der Waals surface area contributed by atoms with Gasteiger partial charge in [-0.05, 0) is 36.4 Å². The van der Waals surface area contributed by atoms with Gasteiger partial charge in [-0.25, -0.2) is 0 Å². The molecule has 4 heteroatoms. The maximum Gasteiger partial charge on any atom is 0.119 e. The van der Waals surface area contributed by atoms with Crippen LogP contribution in [0, 0.1) is 0 Å². The van der Waals surface area contributed by atoms with Gasteiger partial charge in [-0.15, -0.1) is 0 Å². The lowest BCUT2D eigenvalue weighted by Gasteiger charge is -1.89. The summed E-state index contributed by atoms with van der Waals surface area (Å²) in [6, 6.07) is 17.3. The first-order valence-electron chi connectivity index (χ1n) is 5.97. The largest absolute Gasteiger partial charge is 0.508 e. The Bertz CT molecular complexity index is 458. The van der Waals surface area contributed by atoms with E-state index in [2.05, 4.69) is 9.97 Å². The molecule has 0 atom stereocenters. The van der Waals surface area contributed by atoms with E-state index in [1.807, 2.05) is 36.4 Å². The lowest BCUT2D eigenvalue weighted by atomic mass is 10.3. The summed E-state index contributed by atoms with van der Waals surface area (Å²) < 4.78 is 0. The number of hydrogen-bond donors (Lipinski definition) is 2. The highest BCUT2D eigenvalue weighted by molar-refractivity contribution is 5.30. The molecule has 0 spiro atoms. The summed E-state index contributed by atoms with van der Waals surface area (Å²) in [5.74, 6) is 0.176. The van der Waals surface area contributed by atoms with Crippen molar-refractivity contribution < 1.29 is 10.2 Å². The van der Waals surface area contributed by atoms with Crippen LogP contribution in [-0.4, -0.2) is 20.2 Å². The molecule has 1 aromatic carbocycles. The third-order valence-corrected chi connectivity index (χ3v) is 1.96. The molecule has 0 unspecified atom stereocenters. The molecule has 102 valence electrons. The molecule has 2 N–H and O–H groups in total. The van der Waals surface area contributed by atoms with Crippen LogP contribution in [0.2, 0.25) is 0 Å². The van der Waals surface area contributed by atoms with E-state index < -0.39 is 0 Å². The topological polar surface area (TPSA) is 66.2 Å². The van der Waals surface area contributed by atoms with Gasteiger partial charge in [0.1, 0.15) is 11.5 Å². The third kappa shape index (κ3) is 8.25. The van der Waals surface area contributed by atoms with Crippen molar-refractivity contribution in [1.82, 2.24) is 9.97 Å². The zero-order valence-electron chi connectivity index (χ0n) is 10.9. The van der Waals surface area contributed by atoms with Gasteiger partial charge in [0.2, 0.25) is 0 Å². The highest BCUT2D eigenvalue weighted by Crippen LogP contribution is 2.14. The Morgan fingerprint density at radius 3 is 1.10 bits per heavy atom. The molecule has 2 heterocycles. The van der Waals surface area contributed by atoms with Gasteiger partial charge in [0.05, 0.1) is 0 Å². The first-order chi connectivity index (χ1) is 9.79. The molecule has 0 aliphatic rings. The predicted molar refractivity (Wildman–Crippen MR) is 78.2 cm³/mol. The summed E-state index contributed by atoms with van der Waals surface area (Å²) in [5, 5.41) is 17.3. The van der Waals surface area contributed by atoms with E-state index in [1.54, 1.807) is 30.9 Å². The summed E-state index contributed by atoms with van der Waals surface area (Å²) in [6.07, 6.45) is 7.00. The van der Waals surface area contributed by atoms with Crippen LogP contribution in [-0.2, 0) is 0 Å². The van der Waals surface area contributed by atoms with Crippen LogP contribution in [0.1, 0.15) is 0 Å². The molecule has 0 radical (unpaired) electrons. The van der Waals surface area contributed by atoms with E-state index in [9.17, 15) is 0 Å². The van der Waals surface area contributed by atoms with E-state index in [0.717, 1.165) is 0 Å². The molecule has 2 aromatic heterocycles. The van der Waals surface area contributed by atoms with Crippen LogP contribution in [0.4, 0.5) is 0 Å². The van der Waals surface area contributed by atoms with Gasteiger partial charge < -0.3 is 10.2 Å². The first kappa shape index (κ1) is 15.2. The number of phenolic OH excluding ortho intramolecular Hbond substituents is 2. The van der Waals surface area contributed by atoms with Crippen LogP contribution >= 0.6 is 0 Å². The fourth-order valence-electron chi connectivity index (χ4n) is 1.12. The van der Waals surface area contributed by atoms with Crippen molar-refractivity contribution in [3.05, 3.63) is 85.5 Å². The van der Waals surface area contributed by atoms with Crippen molar-refractivity contribution in [3.8, 4) is 11.5 Å². The smallest absolute Gasteiger partial charge is 0.119 e. The molecule has 0 aliphatic heterocycles. The third-order valence-electron chi connectivity index (χ3n) is 1.96. The van der Waals surface area contributed by atoms with Crippen molar-refractivity contribution in [1.29, 1.82) is 0 Å². The molecule has 0 fully saturated rings. The molecular formula is C16H16N2O2. The number of rotatable bonds is 0. The number of hydrogen-bond acceptors (Lipinski definition) is 4. The van der Waals surface area contributed by atoms with Gasteiger partial charge in [-0.1, -0.05) is 18.2 Å². The van der Waals surface area contributed by atoms with Crippen molar-refractivity contribution in [2.75, 3.05) is 0 Å². The number of benzene rings is 1. The van der Waals surface area contributed by atoms with Crippen LogP contribution < -0.4 is 0 Å². The molecule has 0 saturated heterocycles. The Morgan fingerprint density at radius 1 is 0.550 bits per heavy atom. The van der Waals surface area contributed by atoms with Gasteiger partial charge >= 0.3 is 0 Å². The second-order valence-electron chi connectivity index (χ2n) is 3.57. The normalized spacial score (nSPS) is 8.40. The Balaban J connectivity index is 0.000000152. The highest BCUT2D eigenvalue weighted by Gasteiger charge is 1.85. The summed E-state index contributed by atoms with van der Waals surface area (Å²) in [6.45, 7) is 0. The molecule has 0 aliphatic carbocycles. The SMILES string of the molecule is Oc1cccc(O)c1.c1ccncc1.c1ccncc1. The summed E-state index contributed by atoms with van der Waals surface area (Å²) in [5.41, 5.74) is 0. The van der Waals surface area contributed by atoms with E-state index in [1.165, 1.54) is 18.2 Å². The van der Waals surface area contributed by atoms with Gasteiger partial charge in [-0.2, -0.15) is 0 Å². The standard InChI is InChI=1S/C6H6O2.2C5H5N/c7-5-2-1-3-6(8)4-5;2*1-2-4-6-5-3-1/h1-4,7-8H;2*1-5H. The number of aromatic nitrogens is 2. The zero-order chi connectivity index (χ0) is 14.5. The summed E-state index contributed by atoms with van der Waals surface area (Å²) >= 11 is 0. The van der Waals surface area contributed by atoms with Crippen molar-refractivity contribution in [2.45, 2.75) is 0 Å². The van der Waals surface area contributed by atoms with Crippen LogP contribution in [0.5, 0.6) is 11.5 Å². The van der Waals surface area contributed by atoms with Gasteiger partial charge in [-0.3, -0.25) is 9.97 Å². The Labute approximate surface area is 118 Å². The maximum atomic E-state index is 8.65. The highest BCUT2D eigenvalue weighted by atomic mass is 16.3. The van der Waals surface area contributed by atoms with Crippen LogP contribution in [0.25, 0.3) is 0 Å². The lowest BCUT2D eigenvalue weighted by molar-refractivity contribution is 0.450. The van der Waals surface area contributed by atoms with Crippen molar-refractivity contribution in [2.24, 2.45) is 0 Å². The molecule has 3 aromatic rings. The Morgan fingerprint density at radius 2 is 0.950 bits per heavy atom. The second kappa shape index (κ2) is 10.1. The Kier molecular flexibility index (Phi) is 7.65. The Hall–Kier alpha value is -2.88. The summed E-state index contributed by atoms with van der Waals surface area (Å²) in [7, 11) is 0. The number of aromatic hydroxyl groups is 2. The molecule has 4 nitrogen and oxygen atoms in total. The first-order valence-corrected chi connectivity index (χ1v) is 5.97. The maximum absolute atomic E-state index is 8.65. The molecule has 3 rings (SSSR count). The predicted octanol–water partition coefficient (Wildman–Crippen LogP) is 3.26. The average Bonchev–Trinajstić information content (AvgIpc) is 2.52. The van der Waals surface area contributed by atoms with E-state index in [0.29, 0.717) is 0 Å². The molecule has 20 heavy (non-hydrogen) atoms. The van der Waals surface area contributed by atoms with Crippen LogP contribution in [0.3, 0.4) is 0 Å². The molecule has 0 saturated carbocycles. The minimum atomic E-state index is 0.0880. The van der Waals surface area contributed by atoms with Gasteiger partial charge in [0.25, 0.3) is 0 Å². The number of nitrogens with zero attached hydrogens (tertiary/aromatic N) is 2. The zero-order valence-corrected chi connectivity index (χ0v) is 10.9.